The standard InChI is InChI=1S/C8H9IO4S/c1-5-3-6(9)7(13-2)4-8(5)14(10,11)12/h3-4H,1-2H3,(H,10,11,12). The first-order valence-electron chi connectivity index (χ1n) is 3.68. The van der Waals surface area contributed by atoms with E-state index in [9.17, 15) is 8.42 Å². The lowest BCUT2D eigenvalue weighted by atomic mass is 10.2. The highest BCUT2D eigenvalue weighted by atomic mass is 127. The Bertz CT molecular complexity index is 453. The van der Waals surface area contributed by atoms with Gasteiger partial charge in [0.1, 0.15) is 10.6 Å². The maximum absolute atomic E-state index is 10.9. The van der Waals surface area contributed by atoms with Crippen molar-refractivity contribution in [2.24, 2.45) is 0 Å². The van der Waals surface area contributed by atoms with Crippen molar-refractivity contribution < 1.29 is 17.7 Å². The molecular weight excluding hydrogens is 319 g/mol. The zero-order valence-corrected chi connectivity index (χ0v) is 10.6. The maximum atomic E-state index is 10.9. The molecule has 78 valence electrons. The second kappa shape index (κ2) is 4.03. The number of aryl methyl sites for hydroxylation is 1. The average molecular weight is 328 g/mol. The van der Waals surface area contributed by atoms with Gasteiger partial charge in [0.25, 0.3) is 10.1 Å². The molecule has 0 bridgehead atoms. The van der Waals surface area contributed by atoms with Gasteiger partial charge >= 0.3 is 0 Å². The average Bonchev–Trinajstić information content (AvgIpc) is 2.02. The van der Waals surface area contributed by atoms with Gasteiger partial charge in [-0.25, -0.2) is 0 Å². The van der Waals surface area contributed by atoms with Crippen LogP contribution >= 0.6 is 22.6 Å². The number of benzene rings is 1. The number of hydrogen-bond acceptors (Lipinski definition) is 3. The van der Waals surface area contributed by atoms with Gasteiger partial charge in [0.05, 0.1) is 10.7 Å². The third-order valence-electron chi connectivity index (χ3n) is 1.73. The highest BCUT2D eigenvalue weighted by molar-refractivity contribution is 14.1. The molecule has 1 aromatic rings. The Morgan fingerprint density at radius 1 is 1.43 bits per heavy atom. The third kappa shape index (κ3) is 2.37. The molecule has 0 fully saturated rings. The quantitative estimate of drug-likeness (QED) is 0.665. The van der Waals surface area contributed by atoms with Crippen LogP contribution in [-0.2, 0) is 10.1 Å². The predicted octanol–water partition coefficient (Wildman–Crippen LogP) is 1.85. The van der Waals surface area contributed by atoms with Crippen molar-refractivity contribution >= 4 is 32.7 Å². The van der Waals surface area contributed by atoms with Gasteiger partial charge < -0.3 is 4.74 Å². The molecule has 0 amide bonds. The molecule has 4 nitrogen and oxygen atoms in total. The van der Waals surface area contributed by atoms with Gasteiger partial charge in [-0.15, -0.1) is 0 Å². The van der Waals surface area contributed by atoms with Crippen molar-refractivity contribution in [1.82, 2.24) is 0 Å². The fourth-order valence-corrected chi connectivity index (χ4v) is 2.63. The lowest BCUT2D eigenvalue weighted by Gasteiger charge is -2.07. The molecule has 1 aromatic carbocycles. The molecule has 0 saturated heterocycles. The number of rotatable bonds is 2. The minimum absolute atomic E-state index is 0.116. The molecule has 0 spiro atoms. The highest BCUT2D eigenvalue weighted by Gasteiger charge is 2.15. The van der Waals surface area contributed by atoms with E-state index in [4.69, 9.17) is 9.29 Å². The summed E-state index contributed by atoms with van der Waals surface area (Å²) in [5, 5.41) is 0. The summed E-state index contributed by atoms with van der Waals surface area (Å²) in [5.74, 6) is 0.434. The summed E-state index contributed by atoms with van der Waals surface area (Å²) >= 11 is 2.03. The summed E-state index contributed by atoms with van der Waals surface area (Å²) in [7, 11) is -2.72. The van der Waals surface area contributed by atoms with Crippen LogP contribution in [0.2, 0.25) is 0 Å². The van der Waals surface area contributed by atoms with E-state index in [1.165, 1.54) is 13.2 Å². The lowest BCUT2D eigenvalue weighted by molar-refractivity contribution is 0.409. The van der Waals surface area contributed by atoms with Crippen LogP contribution < -0.4 is 4.74 Å². The Morgan fingerprint density at radius 2 is 2.00 bits per heavy atom. The van der Waals surface area contributed by atoms with E-state index in [-0.39, 0.29) is 4.90 Å². The zero-order chi connectivity index (χ0) is 10.9. The van der Waals surface area contributed by atoms with E-state index in [0.717, 1.165) is 3.57 Å². The first-order chi connectivity index (χ1) is 6.36. The second-order valence-corrected chi connectivity index (χ2v) is 5.28. The van der Waals surface area contributed by atoms with Crippen molar-refractivity contribution in [1.29, 1.82) is 0 Å². The van der Waals surface area contributed by atoms with E-state index in [1.54, 1.807) is 13.0 Å². The molecule has 0 heterocycles. The Morgan fingerprint density at radius 3 is 2.43 bits per heavy atom. The van der Waals surface area contributed by atoms with E-state index >= 15 is 0 Å². The summed E-state index contributed by atoms with van der Waals surface area (Å²) in [6.07, 6.45) is 0. The van der Waals surface area contributed by atoms with Crippen LogP contribution in [0, 0.1) is 10.5 Å². The molecule has 0 aliphatic carbocycles. The fraction of sp³-hybridized carbons (Fsp3) is 0.250. The molecule has 6 heteroatoms. The number of methoxy groups -OCH3 is 1. The second-order valence-electron chi connectivity index (χ2n) is 2.73. The molecule has 1 N–H and O–H groups in total. The van der Waals surface area contributed by atoms with Gasteiger partial charge in [-0.2, -0.15) is 8.42 Å². The van der Waals surface area contributed by atoms with Gasteiger partial charge in [-0.3, -0.25) is 4.55 Å². The van der Waals surface area contributed by atoms with Crippen LogP contribution in [0.25, 0.3) is 0 Å². The topological polar surface area (TPSA) is 63.6 Å². The number of halogens is 1. The number of ether oxygens (including phenoxy) is 1. The summed E-state index contributed by atoms with van der Waals surface area (Å²) in [6.45, 7) is 1.62. The highest BCUT2D eigenvalue weighted by Crippen LogP contribution is 2.27. The van der Waals surface area contributed by atoms with Crippen LogP contribution in [0.1, 0.15) is 5.56 Å². The van der Waals surface area contributed by atoms with Crippen molar-refractivity contribution in [3.05, 3.63) is 21.3 Å². The van der Waals surface area contributed by atoms with Crippen LogP contribution in [0.3, 0.4) is 0 Å². The normalized spacial score (nSPS) is 11.4. The first kappa shape index (κ1) is 11.7. The van der Waals surface area contributed by atoms with Crippen LogP contribution in [0.15, 0.2) is 17.0 Å². The molecule has 0 aliphatic heterocycles. The summed E-state index contributed by atoms with van der Waals surface area (Å²) in [4.78, 5) is -0.116. The first-order valence-corrected chi connectivity index (χ1v) is 6.19. The van der Waals surface area contributed by atoms with Gasteiger partial charge in [0.15, 0.2) is 0 Å². The van der Waals surface area contributed by atoms with E-state index in [0.29, 0.717) is 11.3 Å². The molecule has 1 rings (SSSR count). The van der Waals surface area contributed by atoms with E-state index in [2.05, 4.69) is 0 Å². The lowest BCUT2D eigenvalue weighted by Crippen LogP contribution is -2.02. The van der Waals surface area contributed by atoms with E-state index in [1.807, 2.05) is 22.6 Å². The smallest absolute Gasteiger partial charge is 0.294 e. The predicted molar refractivity (Wildman–Crippen MR) is 60.3 cm³/mol. The molecular formula is C8H9IO4S. The van der Waals surface area contributed by atoms with Crippen LogP contribution in [0.5, 0.6) is 5.75 Å². The summed E-state index contributed by atoms with van der Waals surface area (Å²) < 4.78 is 36.5. The van der Waals surface area contributed by atoms with Crippen molar-refractivity contribution in [3.63, 3.8) is 0 Å². The van der Waals surface area contributed by atoms with Gasteiger partial charge in [-0.1, -0.05) is 0 Å². The molecule has 0 aromatic heterocycles. The number of hydrogen-bond donors (Lipinski definition) is 1. The van der Waals surface area contributed by atoms with Crippen molar-refractivity contribution in [2.75, 3.05) is 7.11 Å². The zero-order valence-electron chi connectivity index (χ0n) is 7.61. The molecule has 0 unspecified atom stereocenters. The Balaban J connectivity index is 3.47. The minimum atomic E-state index is -4.17. The van der Waals surface area contributed by atoms with Crippen LogP contribution in [-0.4, -0.2) is 20.1 Å². The maximum Gasteiger partial charge on any atom is 0.294 e. The third-order valence-corrected chi connectivity index (χ3v) is 3.57. The summed E-state index contributed by atoms with van der Waals surface area (Å²) in [6, 6.07) is 2.95. The van der Waals surface area contributed by atoms with E-state index < -0.39 is 10.1 Å². The van der Waals surface area contributed by atoms with Crippen molar-refractivity contribution in [3.8, 4) is 5.75 Å². The van der Waals surface area contributed by atoms with Gasteiger partial charge in [0, 0.05) is 6.07 Å². The summed E-state index contributed by atoms with van der Waals surface area (Å²) in [5.41, 5.74) is 0.498. The fourth-order valence-electron chi connectivity index (χ4n) is 1.07. The largest absolute Gasteiger partial charge is 0.496 e. The van der Waals surface area contributed by atoms with Crippen LogP contribution in [0.4, 0.5) is 0 Å². The molecule has 0 saturated carbocycles. The minimum Gasteiger partial charge on any atom is -0.496 e. The van der Waals surface area contributed by atoms with Crippen molar-refractivity contribution in [2.45, 2.75) is 11.8 Å². The molecule has 0 radical (unpaired) electrons. The molecule has 0 atom stereocenters. The Labute approximate surface area is 96.2 Å². The SMILES string of the molecule is COc1cc(S(=O)(=O)O)c(C)cc1I. The molecule has 0 aliphatic rings. The molecule has 14 heavy (non-hydrogen) atoms. The monoisotopic (exact) mass is 328 g/mol. The Kier molecular flexibility index (Phi) is 3.38. The van der Waals surface area contributed by atoms with Gasteiger partial charge in [-0.05, 0) is 41.1 Å². The van der Waals surface area contributed by atoms with Gasteiger partial charge in [0.2, 0.25) is 0 Å². The Hall–Kier alpha value is -0.340.